The van der Waals surface area contributed by atoms with Crippen LogP contribution in [0.25, 0.3) is 0 Å². The number of anilines is 1. The molecule has 0 aliphatic rings. The summed E-state index contributed by atoms with van der Waals surface area (Å²) in [7, 11) is 0. The molecule has 0 unspecified atom stereocenters. The van der Waals surface area contributed by atoms with Crippen molar-refractivity contribution in [1.82, 2.24) is 15.1 Å². The fraction of sp³-hybridized carbons (Fsp3) is 0.750. The maximum atomic E-state index is 5.23. The highest BCUT2D eigenvalue weighted by molar-refractivity contribution is 7.15. The lowest BCUT2D eigenvalue weighted by Crippen LogP contribution is -2.23. The summed E-state index contributed by atoms with van der Waals surface area (Å²) in [6.07, 6.45) is 1.16. The van der Waals surface area contributed by atoms with Gasteiger partial charge in [0, 0.05) is 0 Å². The van der Waals surface area contributed by atoms with Crippen LogP contribution >= 0.6 is 11.3 Å². The Morgan fingerprint density at radius 3 is 2.71 bits per heavy atom. The first-order valence-corrected chi connectivity index (χ1v) is 5.63. The van der Waals surface area contributed by atoms with Gasteiger partial charge in [-0.1, -0.05) is 25.2 Å². The van der Waals surface area contributed by atoms with Gasteiger partial charge in [0.05, 0.1) is 6.54 Å². The summed E-state index contributed by atoms with van der Waals surface area (Å²) in [6, 6.07) is 0. The van der Waals surface area contributed by atoms with Crippen LogP contribution in [0, 0.1) is 0 Å². The zero-order chi connectivity index (χ0) is 10.4. The average molecular weight is 215 g/mol. The highest BCUT2D eigenvalue weighted by atomic mass is 32.1. The first-order chi connectivity index (χ1) is 6.80. The van der Waals surface area contributed by atoms with Gasteiger partial charge in [0.1, 0.15) is 5.01 Å². The number of hydrazine groups is 1. The van der Waals surface area contributed by atoms with Crippen molar-refractivity contribution in [2.45, 2.75) is 26.8 Å². The molecule has 14 heavy (non-hydrogen) atoms. The molecule has 0 aromatic carbocycles. The van der Waals surface area contributed by atoms with E-state index < -0.39 is 0 Å². The fourth-order valence-corrected chi connectivity index (χ4v) is 1.92. The minimum absolute atomic E-state index is 0.674. The van der Waals surface area contributed by atoms with E-state index in [-0.39, 0.29) is 0 Å². The Morgan fingerprint density at radius 1 is 1.43 bits per heavy atom. The van der Waals surface area contributed by atoms with Gasteiger partial charge in [0.2, 0.25) is 5.13 Å². The standard InChI is InChI=1S/C8H17N5S/c1-3-5-13(4-2)6-7-11-12-8(10-9)14-7/h3-6,9H2,1-2H3,(H,10,12). The van der Waals surface area contributed by atoms with Crippen molar-refractivity contribution in [2.75, 3.05) is 18.5 Å². The summed E-state index contributed by atoms with van der Waals surface area (Å²) in [4.78, 5) is 2.33. The summed E-state index contributed by atoms with van der Waals surface area (Å²) in [6.45, 7) is 7.33. The van der Waals surface area contributed by atoms with Crippen LogP contribution < -0.4 is 11.3 Å². The van der Waals surface area contributed by atoms with Crippen LogP contribution in [0.15, 0.2) is 0 Å². The molecular weight excluding hydrogens is 198 g/mol. The third-order valence-corrected chi connectivity index (χ3v) is 2.78. The van der Waals surface area contributed by atoms with Crippen molar-refractivity contribution in [2.24, 2.45) is 5.84 Å². The number of nitrogens with one attached hydrogen (secondary N) is 1. The Kier molecular flexibility index (Phi) is 4.78. The highest BCUT2D eigenvalue weighted by Crippen LogP contribution is 2.15. The molecule has 0 amide bonds. The van der Waals surface area contributed by atoms with Gasteiger partial charge in [0.15, 0.2) is 0 Å². The Bertz CT molecular complexity index is 262. The second-order valence-electron chi connectivity index (χ2n) is 3.01. The number of nitrogens with zero attached hydrogens (tertiary/aromatic N) is 3. The molecule has 3 N–H and O–H groups in total. The smallest absolute Gasteiger partial charge is 0.219 e. The van der Waals surface area contributed by atoms with Gasteiger partial charge in [0.25, 0.3) is 0 Å². The molecule has 6 heteroatoms. The van der Waals surface area contributed by atoms with Crippen LogP contribution in [0.4, 0.5) is 5.13 Å². The van der Waals surface area contributed by atoms with Gasteiger partial charge in [-0.3, -0.25) is 10.3 Å². The Hall–Kier alpha value is -0.720. The predicted octanol–water partition coefficient (Wildman–Crippen LogP) is 1.06. The number of hydrogen-bond acceptors (Lipinski definition) is 6. The van der Waals surface area contributed by atoms with E-state index in [9.17, 15) is 0 Å². The Balaban J connectivity index is 2.48. The first kappa shape index (κ1) is 11.4. The maximum absolute atomic E-state index is 5.23. The lowest BCUT2D eigenvalue weighted by atomic mass is 10.4. The lowest BCUT2D eigenvalue weighted by molar-refractivity contribution is 0.279. The quantitative estimate of drug-likeness (QED) is 0.548. The minimum Gasteiger partial charge on any atom is -0.298 e. The van der Waals surface area contributed by atoms with Crippen molar-refractivity contribution < 1.29 is 0 Å². The van der Waals surface area contributed by atoms with Gasteiger partial charge in [-0.25, -0.2) is 5.84 Å². The number of nitrogens with two attached hydrogens (primary N) is 1. The summed E-state index contributed by atoms with van der Waals surface area (Å²) in [5.41, 5.74) is 2.50. The van der Waals surface area contributed by atoms with E-state index in [1.165, 1.54) is 11.3 Å². The lowest BCUT2D eigenvalue weighted by Gasteiger charge is -2.16. The van der Waals surface area contributed by atoms with E-state index in [1.807, 2.05) is 0 Å². The zero-order valence-electron chi connectivity index (χ0n) is 8.66. The van der Waals surface area contributed by atoms with Crippen LogP contribution in [-0.4, -0.2) is 28.2 Å². The van der Waals surface area contributed by atoms with E-state index in [2.05, 4.69) is 34.4 Å². The molecule has 0 bridgehead atoms. The van der Waals surface area contributed by atoms with Gasteiger partial charge < -0.3 is 0 Å². The van der Waals surface area contributed by atoms with Crippen molar-refractivity contribution in [3.63, 3.8) is 0 Å². The van der Waals surface area contributed by atoms with Crippen LogP contribution in [0.3, 0.4) is 0 Å². The van der Waals surface area contributed by atoms with E-state index in [0.29, 0.717) is 5.13 Å². The van der Waals surface area contributed by atoms with Gasteiger partial charge in [-0.2, -0.15) is 0 Å². The second-order valence-corrected chi connectivity index (χ2v) is 4.08. The molecule has 0 atom stereocenters. The van der Waals surface area contributed by atoms with E-state index in [4.69, 9.17) is 5.84 Å². The molecule has 0 aliphatic carbocycles. The zero-order valence-corrected chi connectivity index (χ0v) is 9.47. The Labute approximate surface area is 88.3 Å². The normalized spacial score (nSPS) is 10.9. The molecule has 5 nitrogen and oxygen atoms in total. The Morgan fingerprint density at radius 2 is 2.21 bits per heavy atom. The minimum atomic E-state index is 0.674. The summed E-state index contributed by atoms with van der Waals surface area (Å²) < 4.78 is 0. The first-order valence-electron chi connectivity index (χ1n) is 4.81. The second kappa shape index (κ2) is 5.90. The number of hydrogen-bond donors (Lipinski definition) is 2. The molecule has 0 saturated heterocycles. The van der Waals surface area contributed by atoms with Crippen LogP contribution in [0.1, 0.15) is 25.3 Å². The maximum Gasteiger partial charge on any atom is 0.219 e. The van der Waals surface area contributed by atoms with Crippen LogP contribution in [0.5, 0.6) is 0 Å². The third kappa shape index (κ3) is 3.21. The summed E-state index contributed by atoms with van der Waals surface area (Å²) in [5.74, 6) is 5.23. The topological polar surface area (TPSA) is 67.1 Å². The molecule has 0 fully saturated rings. The monoisotopic (exact) mass is 215 g/mol. The highest BCUT2D eigenvalue weighted by Gasteiger charge is 2.07. The molecule has 0 aliphatic heterocycles. The SMILES string of the molecule is CCCN(CC)Cc1nnc(NN)s1. The van der Waals surface area contributed by atoms with Crippen molar-refractivity contribution >= 4 is 16.5 Å². The van der Waals surface area contributed by atoms with Crippen molar-refractivity contribution in [3.05, 3.63) is 5.01 Å². The molecule has 0 saturated carbocycles. The number of aromatic nitrogens is 2. The van der Waals surface area contributed by atoms with Gasteiger partial charge >= 0.3 is 0 Å². The van der Waals surface area contributed by atoms with Crippen LogP contribution in [-0.2, 0) is 6.54 Å². The van der Waals surface area contributed by atoms with Gasteiger partial charge in [-0.05, 0) is 19.5 Å². The summed E-state index contributed by atoms with van der Waals surface area (Å²) >= 11 is 1.50. The largest absolute Gasteiger partial charge is 0.298 e. The third-order valence-electron chi connectivity index (χ3n) is 1.94. The molecule has 1 heterocycles. The van der Waals surface area contributed by atoms with E-state index in [1.54, 1.807) is 0 Å². The molecule has 0 spiro atoms. The molecule has 1 aromatic heterocycles. The van der Waals surface area contributed by atoms with Crippen molar-refractivity contribution in [1.29, 1.82) is 0 Å². The van der Waals surface area contributed by atoms with Crippen LogP contribution in [0.2, 0.25) is 0 Å². The molecule has 80 valence electrons. The molecular formula is C8H17N5S. The van der Waals surface area contributed by atoms with E-state index >= 15 is 0 Å². The van der Waals surface area contributed by atoms with Crippen molar-refractivity contribution in [3.8, 4) is 0 Å². The molecule has 0 radical (unpaired) electrons. The number of nitrogen functional groups attached to an aromatic ring is 1. The van der Waals surface area contributed by atoms with Gasteiger partial charge in [-0.15, -0.1) is 10.2 Å². The van der Waals surface area contributed by atoms with E-state index in [0.717, 1.165) is 31.1 Å². The average Bonchev–Trinajstić information content (AvgIpc) is 2.65. The summed E-state index contributed by atoms with van der Waals surface area (Å²) in [5, 5.41) is 9.61. The predicted molar refractivity (Wildman–Crippen MR) is 59.0 cm³/mol. The number of rotatable bonds is 6. The molecule has 1 aromatic rings. The molecule has 1 rings (SSSR count). The fourth-order valence-electron chi connectivity index (χ4n) is 1.23.